The summed E-state index contributed by atoms with van der Waals surface area (Å²) in [6, 6.07) is 14.0. The van der Waals surface area contributed by atoms with E-state index in [0.29, 0.717) is 17.4 Å². The molecular weight excluding hydrogens is 367 g/mol. The molecule has 27 heavy (non-hydrogen) atoms. The maximum Gasteiger partial charge on any atom is 0.212 e. The van der Waals surface area contributed by atoms with Crippen molar-refractivity contribution in [3.8, 4) is 17.0 Å². The first-order valence-corrected chi connectivity index (χ1v) is 8.49. The van der Waals surface area contributed by atoms with Crippen LogP contribution in [0.4, 0.5) is 15.9 Å². The maximum atomic E-state index is 13.4. The van der Waals surface area contributed by atoms with Crippen LogP contribution >= 0.6 is 11.6 Å². The van der Waals surface area contributed by atoms with Gasteiger partial charge in [0.05, 0.1) is 17.6 Å². The first-order chi connectivity index (χ1) is 13.1. The van der Waals surface area contributed by atoms with Gasteiger partial charge in [-0.2, -0.15) is 0 Å². The van der Waals surface area contributed by atoms with E-state index in [9.17, 15) is 4.39 Å². The summed E-state index contributed by atoms with van der Waals surface area (Å²) in [7, 11) is 1.58. The summed E-state index contributed by atoms with van der Waals surface area (Å²) < 4.78 is 18.5. The van der Waals surface area contributed by atoms with Gasteiger partial charge in [-0.05, 0) is 42.0 Å². The SMILES string of the molecule is COc1ccc(-c2ccc3ncnc(Nc4ccc(F)c(Cl)c4)c3c2)cn1. The van der Waals surface area contributed by atoms with E-state index in [1.165, 1.54) is 18.5 Å². The second kappa shape index (κ2) is 7.17. The Labute approximate surface area is 159 Å². The number of aromatic nitrogens is 3. The lowest BCUT2D eigenvalue weighted by molar-refractivity contribution is 0.398. The summed E-state index contributed by atoms with van der Waals surface area (Å²) >= 11 is 5.86. The fourth-order valence-corrected chi connectivity index (χ4v) is 2.90. The molecule has 0 bridgehead atoms. The van der Waals surface area contributed by atoms with Crippen LogP contribution in [-0.4, -0.2) is 22.1 Å². The topological polar surface area (TPSA) is 59.9 Å². The average molecular weight is 381 g/mol. The molecule has 4 rings (SSSR count). The molecule has 2 aromatic carbocycles. The zero-order chi connectivity index (χ0) is 18.8. The lowest BCUT2D eigenvalue weighted by atomic mass is 10.1. The molecule has 0 fully saturated rings. The van der Waals surface area contributed by atoms with Gasteiger partial charge >= 0.3 is 0 Å². The minimum atomic E-state index is -0.468. The lowest BCUT2D eigenvalue weighted by Gasteiger charge is -2.10. The Morgan fingerprint density at radius 2 is 1.81 bits per heavy atom. The summed E-state index contributed by atoms with van der Waals surface area (Å²) in [6.45, 7) is 0. The van der Waals surface area contributed by atoms with E-state index in [1.54, 1.807) is 25.4 Å². The molecule has 0 spiro atoms. The average Bonchev–Trinajstić information content (AvgIpc) is 2.71. The molecule has 0 aliphatic carbocycles. The van der Waals surface area contributed by atoms with Gasteiger partial charge in [-0.1, -0.05) is 17.7 Å². The van der Waals surface area contributed by atoms with Crippen LogP contribution in [0.25, 0.3) is 22.0 Å². The standard InChI is InChI=1S/C20H14ClFN4O/c1-27-19-7-3-13(10-23-19)12-2-6-18-15(8-12)20(25-11-24-18)26-14-4-5-17(22)16(21)9-14/h2-11H,1H3,(H,24,25,26). The molecule has 7 heteroatoms. The highest BCUT2D eigenvalue weighted by Gasteiger charge is 2.08. The largest absolute Gasteiger partial charge is 0.481 e. The second-order valence-electron chi connectivity index (χ2n) is 5.80. The molecule has 2 aromatic heterocycles. The van der Waals surface area contributed by atoms with Crippen LogP contribution in [0.3, 0.4) is 0 Å². The quantitative estimate of drug-likeness (QED) is 0.525. The van der Waals surface area contributed by atoms with Crippen molar-refractivity contribution in [2.75, 3.05) is 12.4 Å². The number of nitrogens with zero attached hydrogens (tertiary/aromatic N) is 3. The first-order valence-electron chi connectivity index (χ1n) is 8.11. The number of benzene rings is 2. The number of hydrogen-bond donors (Lipinski definition) is 1. The fourth-order valence-electron chi connectivity index (χ4n) is 2.72. The minimum Gasteiger partial charge on any atom is -0.481 e. The predicted octanol–water partition coefficient (Wildman–Crippen LogP) is 5.24. The molecule has 0 saturated carbocycles. The molecule has 0 unspecified atom stereocenters. The van der Waals surface area contributed by atoms with Gasteiger partial charge in [0.1, 0.15) is 18.0 Å². The fraction of sp³-hybridized carbons (Fsp3) is 0.0500. The van der Waals surface area contributed by atoms with E-state index in [-0.39, 0.29) is 5.02 Å². The molecule has 5 nitrogen and oxygen atoms in total. The Bertz CT molecular complexity index is 1120. The zero-order valence-corrected chi connectivity index (χ0v) is 15.0. The molecule has 0 atom stereocenters. The third kappa shape index (κ3) is 3.52. The van der Waals surface area contributed by atoms with Gasteiger partial charge in [0, 0.05) is 28.9 Å². The number of fused-ring (bicyclic) bond motifs is 1. The number of nitrogens with one attached hydrogen (secondary N) is 1. The van der Waals surface area contributed by atoms with Gasteiger partial charge in [0.25, 0.3) is 0 Å². The number of pyridine rings is 1. The van der Waals surface area contributed by atoms with Crippen molar-refractivity contribution >= 4 is 34.0 Å². The van der Waals surface area contributed by atoms with Crippen LogP contribution < -0.4 is 10.1 Å². The summed E-state index contributed by atoms with van der Waals surface area (Å²) in [5, 5.41) is 4.04. The van der Waals surface area contributed by atoms with E-state index in [0.717, 1.165) is 22.0 Å². The maximum absolute atomic E-state index is 13.4. The molecule has 134 valence electrons. The van der Waals surface area contributed by atoms with Crippen LogP contribution in [0.15, 0.2) is 61.1 Å². The molecular formula is C20H14ClFN4O. The van der Waals surface area contributed by atoms with Crippen LogP contribution in [-0.2, 0) is 0 Å². The molecule has 0 aliphatic rings. The van der Waals surface area contributed by atoms with E-state index in [2.05, 4.69) is 20.3 Å². The number of rotatable bonds is 4. The second-order valence-corrected chi connectivity index (χ2v) is 6.20. The molecule has 1 N–H and O–H groups in total. The number of methoxy groups -OCH3 is 1. The highest BCUT2D eigenvalue weighted by molar-refractivity contribution is 6.31. The molecule has 0 radical (unpaired) electrons. The zero-order valence-electron chi connectivity index (χ0n) is 14.3. The van der Waals surface area contributed by atoms with Crippen molar-refractivity contribution in [1.29, 1.82) is 0 Å². The van der Waals surface area contributed by atoms with Crippen molar-refractivity contribution in [3.63, 3.8) is 0 Å². The number of ether oxygens (including phenoxy) is 1. The van der Waals surface area contributed by atoms with Gasteiger partial charge in [-0.25, -0.2) is 19.3 Å². The highest BCUT2D eigenvalue weighted by atomic mass is 35.5. The summed E-state index contributed by atoms with van der Waals surface area (Å²) in [4.78, 5) is 12.9. The van der Waals surface area contributed by atoms with Crippen molar-refractivity contribution in [2.45, 2.75) is 0 Å². The van der Waals surface area contributed by atoms with Crippen molar-refractivity contribution in [3.05, 3.63) is 71.9 Å². The van der Waals surface area contributed by atoms with Crippen LogP contribution in [0, 0.1) is 5.82 Å². The molecule has 2 heterocycles. The van der Waals surface area contributed by atoms with Gasteiger partial charge in [-0.15, -0.1) is 0 Å². The Morgan fingerprint density at radius 1 is 0.963 bits per heavy atom. The van der Waals surface area contributed by atoms with Gasteiger partial charge < -0.3 is 10.1 Å². The van der Waals surface area contributed by atoms with Gasteiger partial charge in [0.15, 0.2) is 0 Å². The van der Waals surface area contributed by atoms with Crippen molar-refractivity contribution < 1.29 is 9.13 Å². The third-order valence-corrected chi connectivity index (χ3v) is 4.39. The van der Waals surface area contributed by atoms with Crippen molar-refractivity contribution in [2.24, 2.45) is 0 Å². The van der Waals surface area contributed by atoms with Crippen LogP contribution in [0.5, 0.6) is 5.88 Å². The Morgan fingerprint density at radius 3 is 2.56 bits per heavy atom. The van der Waals surface area contributed by atoms with Crippen LogP contribution in [0.2, 0.25) is 5.02 Å². The smallest absolute Gasteiger partial charge is 0.212 e. The van der Waals surface area contributed by atoms with E-state index in [4.69, 9.17) is 16.3 Å². The summed E-state index contributed by atoms with van der Waals surface area (Å²) in [5.41, 5.74) is 3.33. The third-order valence-electron chi connectivity index (χ3n) is 4.10. The normalized spacial score (nSPS) is 10.8. The number of hydrogen-bond acceptors (Lipinski definition) is 5. The molecule has 0 aliphatic heterocycles. The number of halogens is 2. The van der Waals surface area contributed by atoms with E-state index >= 15 is 0 Å². The number of anilines is 2. The van der Waals surface area contributed by atoms with Crippen molar-refractivity contribution in [1.82, 2.24) is 15.0 Å². The minimum absolute atomic E-state index is 0.0448. The monoisotopic (exact) mass is 380 g/mol. The van der Waals surface area contributed by atoms with E-state index < -0.39 is 5.82 Å². The molecule has 0 amide bonds. The van der Waals surface area contributed by atoms with E-state index in [1.807, 2.05) is 24.3 Å². The summed E-state index contributed by atoms with van der Waals surface area (Å²) in [6.07, 6.45) is 3.22. The van der Waals surface area contributed by atoms with Crippen LogP contribution in [0.1, 0.15) is 0 Å². The predicted molar refractivity (Wildman–Crippen MR) is 104 cm³/mol. The Hall–Kier alpha value is -3.25. The molecule has 4 aromatic rings. The molecule has 0 saturated heterocycles. The van der Waals surface area contributed by atoms with Gasteiger partial charge in [0.2, 0.25) is 5.88 Å². The highest BCUT2D eigenvalue weighted by Crippen LogP contribution is 2.29. The first kappa shape index (κ1) is 17.2. The lowest BCUT2D eigenvalue weighted by Crippen LogP contribution is -1.97. The Kier molecular flexibility index (Phi) is 4.56. The van der Waals surface area contributed by atoms with Gasteiger partial charge in [-0.3, -0.25) is 0 Å². The Balaban J connectivity index is 1.75. The summed E-state index contributed by atoms with van der Waals surface area (Å²) in [5.74, 6) is 0.688.